The monoisotopic (exact) mass is 508 g/mol. The fraction of sp³-hybridized carbons (Fsp3) is 0.545. The molecule has 0 bridgehead atoms. The number of aryl methyl sites for hydroxylation is 2. The molecule has 6 nitrogen and oxygen atoms in total. The largest absolute Gasteiger partial charge is 0.370 e. The van der Waals surface area contributed by atoms with Crippen LogP contribution in [-0.2, 0) is 33.0 Å². The van der Waals surface area contributed by atoms with E-state index in [9.17, 15) is 0 Å². The van der Waals surface area contributed by atoms with E-state index in [0.717, 1.165) is 45.3 Å². The zero-order valence-corrected chi connectivity index (χ0v) is 19.6. The number of nitrogens with one attached hydrogen (secondary N) is 1. The highest BCUT2D eigenvalue weighted by Crippen LogP contribution is 2.24. The topological polar surface area (TPSA) is 71.5 Å². The van der Waals surface area contributed by atoms with Gasteiger partial charge in [0.25, 0.3) is 0 Å². The van der Waals surface area contributed by atoms with Gasteiger partial charge in [0.2, 0.25) is 0 Å². The fourth-order valence-electron chi connectivity index (χ4n) is 4.44. The number of fused-ring (bicyclic) bond motifs is 1. The molecule has 1 saturated heterocycles. The van der Waals surface area contributed by atoms with Crippen LogP contribution in [0.5, 0.6) is 0 Å². The van der Waals surface area contributed by atoms with Gasteiger partial charge in [-0.15, -0.1) is 24.0 Å². The molecule has 158 valence electrons. The minimum Gasteiger partial charge on any atom is -0.370 e. The molecular weight excluding hydrogens is 475 g/mol. The number of hydrogen-bond donors (Lipinski definition) is 2. The van der Waals surface area contributed by atoms with Crippen LogP contribution in [0.4, 0.5) is 0 Å². The Morgan fingerprint density at radius 2 is 1.90 bits per heavy atom. The first-order valence-corrected chi connectivity index (χ1v) is 10.6. The Hall–Kier alpha value is -1.61. The van der Waals surface area contributed by atoms with Crippen LogP contribution < -0.4 is 11.1 Å². The summed E-state index contributed by atoms with van der Waals surface area (Å²) in [7, 11) is 2.02. The van der Waals surface area contributed by atoms with Crippen LogP contribution in [0.3, 0.4) is 0 Å². The van der Waals surface area contributed by atoms with Crippen molar-refractivity contribution in [2.75, 3.05) is 13.1 Å². The molecule has 1 fully saturated rings. The molecule has 29 heavy (non-hydrogen) atoms. The van der Waals surface area contributed by atoms with Gasteiger partial charge in [-0.3, -0.25) is 9.58 Å². The third-order valence-electron chi connectivity index (χ3n) is 6.04. The summed E-state index contributed by atoms with van der Waals surface area (Å²) in [6.07, 6.45) is 6.93. The molecule has 7 heteroatoms. The van der Waals surface area contributed by atoms with Crippen LogP contribution in [0.15, 0.2) is 35.3 Å². The third-order valence-corrected chi connectivity index (χ3v) is 6.04. The van der Waals surface area contributed by atoms with Gasteiger partial charge in [-0.1, -0.05) is 30.3 Å². The van der Waals surface area contributed by atoms with Crippen molar-refractivity contribution in [3.8, 4) is 0 Å². The van der Waals surface area contributed by atoms with Crippen LogP contribution in [0.2, 0.25) is 0 Å². The van der Waals surface area contributed by atoms with Crippen molar-refractivity contribution >= 4 is 29.9 Å². The van der Waals surface area contributed by atoms with E-state index in [1.54, 1.807) is 0 Å². The Morgan fingerprint density at radius 1 is 1.17 bits per heavy atom. The first kappa shape index (κ1) is 22.1. The number of guanidine groups is 1. The minimum absolute atomic E-state index is 0. The van der Waals surface area contributed by atoms with Crippen molar-refractivity contribution in [2.24, 2.45) is 17.8 Å². The fourth-order valence-corrected chi connectivity index (χ4v) is 4.44. The summed E-state index contributed by atoms with van der Waals surface area (Å²) < 4.78 is 1.99. The molecule has 0 saturated carbocycles. The lowest BCUT2D eigenvalue weighted by Gasteiger charge is -2.32. The zero-order valence-electron chi connectivity index (χ0n) is 17.3. The van der Waals surface area contributed by atoms with E-state index < -0.39 is 0 Å². The lowest BCUT2D eigenvalue weighted by atomic mass is 9.96. The quantitative estimate of drug-likeness (QED) is 0.370. The van der Waals surface area contributed by atoms with Gasteiger partial charge in [-0.25, -0.2) is 4.99 Å². The maximum Gasteiger partial charge on any atom is 0.189 e. The Morgan fingerprint density at radius 3 is 2.66 bits per heavy atom. The van der Waals surface area contributed by atoms with Gasteiger partial charge in [0.1, 0.15) is 0 Å². The van der Waals surface area contributed by atoms with E-state index in [2.05, 4.69) is 50.6 Å². The number of likely N-dealkylation sites (tertiary alicyclic amines) is 1. The van der Waals surface area contributed by atoms with Gasteiger partial charge in [-0.2, -0.15) is 5.10 Å². The standard InChI is InChI=1S/C22H32N6.HI/c1-27-21(19-9-5-6-10-20(19)26-27)15-24-22(23)25-18-11-13-28(14-12-18)16-17-7-3-2-4-8-17;/h2-4,7-8,18H,5-6,9-16H2,1H3,(H3,23,24,25);1H. The number of aliphatic imine (C=N–C) groups is 1. The summed E-state index contributed by atoms with van der Waals surface area (Å²) >= 11 is 0. The summed E-state index contributed by atoms with van der Waals surface area (Å²) in [5.74, 6) is 0.562. The number of nitrogens with zero attached hydrogens (tertiary/aromatic N) is 4. The molecule has 2 heterocycles. The van der Waals surface area contributed by atoms with E-state index in [-0.39, 0.29) is 24.0 Å². The molecule has 2 aromatic rings. The van der Waals surface area contributed by atoms with Gasteiger partial charge >= 0.3 is 0 Å². The van der Waals surface area contributed by atoms with Crippen molar-refractivity contribution in [3.63, 3.8) is 0 Å². The smallest absolute Gasteiger partial charge is 0.189 e. The van der Waals surface area contributed by atoms with Crippen LogP contribution in [0.25, 0.3) is 0 Å². The Labute approximate surface area is 191 Å². The highest BCUT2D eigenvalue weighted by Gasteiger charge is 2.21. The Bertz CT molecular complexity index is 808. The number of nitrogens with two attached hydrogens (primary N) is 1. The van der Waals surface area contributed by atoms with E-state index >= 15 is 0 Å². The molecule has 0 unspecified atom stereocenters. The average molecular weight is 508 g/mol. The van der Waals surface area contributed by atoms with Crippen LogP contribution in [0, 0.1) is 0 Å². The van der Waals surface area contributed by atoms with Crippen molar-refractivity contribution < 1.29 is 0 Å². The van der Waals surface area contributed by atoms with Crippen LogP contribution >= 0.6 is 24.0 Å². The Kier molecular flexibility index (Phi) is 7.94. The molecule has 0 atom stereocenters. The average Bonchev–Trinajstić information content (AvgIpc) is 3.04. The maximum absolute atomic E-state index is 6.20. The predicted octanol–water partition coefficient (Wildman–Crippen LogP) is 2.99. The van der Waals surface area contributed by atoms with Crippen molar-refractivity contribution in [1.82, 2.24) is 20.0 Å². The lowest BCUT2D eigenvalue weighted by molar-refractivity contribution is 0.199. The van der Waals surface area contributed by atoms with Gasteiger partial charge in [0.15, 0.2) is 5.96 Å². The second-order valence-electron chi connectivity index (χ2n) is 8.08. The van der Waals surface area contributed by atoms with E-state index in [0.29, 0.717) is 18.5 Å². The summed E-state index contributed by atoms with van der Waals surface area (Å²) in [6.45, 7) is 3.83. The SMILES string of the molecule is Cn1nc2c(c1CN=C(N)NC1CCN(Cc3ccccc3)CC1)CCCC2.I. The molecule has 2 aliphatic rings. The predicted molar refractivity (Wildman–Crippen MR) is 128 cm³/mol. The number of aromatic nitrogens is 2. The summed E-state index contributed by atoms with van der Waals surface area (Å²) in [5, 5.41) is 8.10. The Balaban J connectivity index is 0.00000240. The number of halogens is 1. The second kappa shape index (κ2) is 10.4. The van der Waals surface area contributed by atoms with E-state index in [4.69, 9.17) is 5.73 Å². The van der Waals surface area contributed by atoms with Crippen LogP contribution in [-0.4, -0.2) is 39.8 Å². The highest BCUT2D eigenvalue weighted by molar-refractivity contribution is 14.0. The van der Waals surface area contributed by atoms with Crippen LogP contribution in [0.1, 0.15) is 48.2 Å². The first-order chi connectivity index (χ1) is 13.7. The number of hydrogen-bond acceptors (Lipinski definition) is 3. The molecule has 0 spiro atoms. The van der Waals surface area contributed by atoms with Gasteiger partial charge in [0, 0.05) is 32.7 Å². The molecule has 0 radical (unpaired) electrons. The lowest BCUT2D eigenvalue weighted by Crippen LogP contribution is -2.46. The molecule has 0 amide bonds. The normalized spacial score (nSPS) is 18.2. The molecule has 3 N–H and O–H groups in total. The summed E-state index contributed by atoms with van der Waals surface area (Å²) in [4.78, 5) is 7.14. The molecule has 1 aromatic heterocycles. The zero-order chi connectivity index (χ0) is 19.3. The molecular formula is C22H33IN6. The maximum atomic E-state index is 6.20. The molecule has 1 aliphatic carbocycles. The van der Waals surface area contributed by atoms with Crippen molar-refractivity contribution in [3.05, 3.63) is 52.8 Å². The third kappa shape index (κ3) is 5.72. The first-order valence-electron chi connectivity index (χ1n) is 10.6. The van der Waals surface area contributed by atoms with E-state index in [1.807, 2.05) is 11.7 Å². The van der Waals surface area contributed by atoms with Crippen molar-refractivity contribution in [1.29, 1.82) is 0 Å². The molecule has 1 aliphatic heterocycles. The van der Waals surface area contributed by atoms with Crippen molar-refractivity contribution in [2.45, 2.75) is 57.7 Å². The molecule has 4 rings (SSSR count). The second-order valence-corrected chi connectivity index (χ2v) is 8.08. The van der Waals surface area contributed by atoms with Gasteiger partial charge < -0.3 is 11.1 Å². The summed E-state index contributed by atoms with van der Waals surface area (Å²) in [5.41, 5.74) is 11.5. The minimum atomic E-state index is 0. The van der Waals surface area contributed by atoms with Gasteiger partial charge in [0.05, 0.1) is 17.9 Å². The number of rotatable bonds is 5. The number of benzene rings is 1. The number of piperidine rings is 1. The summed E-state index contributed by atoms with van der Waals surface area (Å²) in [6, 6.07) is 11.1. The highest BCUT2D eigenvalue weighted by atomic mass is 127. The van der Waals surface area contributed by atoms with Gasteiger partial charge in [-0.05, 0) is 49.7 Å². The van der Waals surface area contributed by atoms with E-state index in [1.165, 1.54) is 35.4 Å². The molecule has 1 aromatic carbocycles.